The highest BCUT2D eigenvalue weighted by atomic mass is 32.1. The van der Waals surface area contributed by atoms with Crippen LogP contribution in [0, 0.1) is 0 Å². The molecule has 2 heterocycles. The van der Waals surface area contributed by atoms with Crippen LogP contribution < -0.4 is 5.32 Å². The number of carbonyl (C=O) groups excluding carboxylic acids is 1. The second-order valence-corrected chi connectivity index (χ2v) is 5.76. The third-order valence-corrected chi connectivity index (χ3v) is 4.45. The number of nitrogens with one attached hydrogen (secondary N) is 1. The topological polar surface area (TPSA) is 41.6 Å². The SMILES string of the molecule is CCOCCN1C(=O)C(C)(CC)NC1c1ccsc1. The first-order chi connectivity index (χ1) is 9.12. The summed E-state index contributed by atoms with van der Waals surface area (Å²) in [5, 5.41) is 7.62. The minimum atomic E-state index is -0.460. The fraction of sp³-hybridized carbons (Fsp3) is 0.643. The molecule has 1 aromatic rings. The Morgan fingerprint density at radius 2 is 2.32 bits per heavy atom. The average molecular weight is 282 g/mol. The van der Waals surface area contributed by atoms with Crippen LogP contribution in [0.25, 0.3) is 0 Å². The Labute approximate surface area is 118 Å². The van der Waals surface area contributed by atoms with Crippen molar-refractivity contribution < 1.29 is 9.53 Å². The maximum absolute atomic E-state index is 12.6. The normalized spacial score (nSPS) is 27.2. The zero-order chi connectivity index (χ0) is 13.9. The second kappa shape index (κ2) is 6.03. The van der Waals surface area contributed by atoms with Crippen molar-refractivity contribution >= 4 is 17.2 Å². The molecule has 2 unspecified atom stereocenters. The van der Waals surface area contributed by atoms with Gasteiger partial charge >= 0.3 is 0 Å². The third-order valence-electron chi connectivity index (χ3n) is 3.75. The van der Waals surface area contributed by atoms with Crippen LogP contribution in [0.1, 0.15) is 38.9 Å². The Kier molecular flexibility index (Phi) is 4.60. The van der Waals surface area contributed by atoms with Gasteiger partial charge in [0.15, 0.2) is 0 Å². The monoisotopic (exact) mass is 282 g/mol. The van der Waals surface area contributed by atoms with Crippen molar-refractivity contribution in [3.05, 3.63) is 22.4 Å². The lowest BCUT2D eigenvalue weighted by Crippen LogP contribution is -2.43. The molecule has 106 valence electrons. The van der Waals surface area contributed by atoms with E-state index in [1.807, 2.05) is 31.1 Å². The van der Waals surface area contributed by atoms with E-state index in [0.29, 0.717) is 19.8 Å². The van der Waals surface area contributed by atoms with Crippen LogP contribution in [0.3, 0.4) is 0 Å². The molecule has 2 atom stereocenters. The lowest BCUT2D eigenvalue weighted by atomic mass is 9.99. The van der Waals surface area contributed by atoms with Gasteiger partial charge < -0.3 is 9.64 Å². The Morgan fingerprint density at radius 3 is 2.89 bits per heavy atom. The predicted octanol–water partition coefficient (Wildman–Crippen LogP) is 2.38. The van der Waals surface area contributed by atoms with Crippen LogP contribution >= 0.6 is 11.3 Å². The molecular formula is C14H22N2O2S. The van der Waals surface area contributed by atoms with E-state index < -0.39 is 5.54 Å². The van der Waals surface area contributed by atoms with Gasteiger partial charge in [0.25, 0.3) is 0 Å². The molecule has 1 aliphatic heterocycles. The van der Waals surface area contributed by atoms with Crippen LogP contribution in [0.5, 0.6) is 0 Å². The Hall–Kier alpha value is -0.910. The molecule has 0 spiro atoms. The molecule has 1 amide bonds. The van der Waals surface area contributed by atoms with Crippen molar-refractivity contribution in [3.63, 3.8) is 0 Å². The van der Waals surface area contributed by atoms with Crippen molar-refractivity contribution in [2.45, 2.75) is 38.9 Å². The van der Waals surface area contributed by atoms with Gasteiger partial charge in [-0.25, -0.2) is 0 Å². The highest BCUT2D eigenvalue weighted by molar-refractivity contribution is 7.07. The summed E-state index contributed by atoms with van der Waals surface area (Å²) in [6.07, 6.45) is 0.765. The summed E-state index contributed by atoms with van der Waals surface area (Å²) in [4.78, 5) is 14.5. The van der Waals surface area contributed by atoms with E-state index in [4.69, 9.17) is 4.74 Å². The summed E-state index contributed by atoms with van der Waals surface area (Å²) in [5.74, 6) is 0.172. The minimum absolute atomic E-state index is 0.0239. The quantitative estimate of drug-likeness (QED) is 0.815. The number of carbonyl (C=O) groups is 1. The van der Waals surface area contributed by atoms with Crippen molar-refractivity contribution in [2.24, 2.45) is 0 Å². The van der Waals surface area contributed by atoms with Crippen molar-refractivity contribution in [1.82, 2.24) is 10.2 Å². The smallest absolute Gasteiger partial charge is 0.244 e. The molecule has 1 aliphatic rings. The molecule has 1 N–H and O–H groups in total. The lowest BCUT2D eigenvalue weighted by Gasteiger charge is -2.23. The fourth-order valence-electron chi connectivity index (χ4n) is 2.36. The number of hydrogen-bond donors (Lipinski definition) is 1. The number of ether oxygens (including phenoxy) is 1. The van der Waals surface area contributed by atoms with E-state index >= 15 is 0 Å². The Balaban J connectivity index is 2.17. The molecule has 1 aromatic heterocycles. The van der Waals surface area contributed by atoms with Gasteiger partial charge in [-0.05, 0) is 42.7 Å². The zero-order valence-electron chi connectivity index (χ0n) is 11.8. The minimum Gasteiger partial charge on any atom is -0.380 e. The highest BCUT2D eigenvalue weighted by Gasteiger charge is 2.46. The van der Waals surface area contributed by atoms with E-state index in [2.05, 4.69) is 16.8 Å². The molecule has 5 heteroatoms. The molecule has 1 fully saturated rings. The van der Waals surface area contributed by atoms with Crippen LogP contribution in [0.4, 0.5) is 0 Å². The molecule has 0 radical (unpaired) electrons. The first-order valence-corrected chi connectivity index (χ1v) is 7.75. The van der Waals surface area contributed by atoms with Gasteiger partial charge in [0, 0.05) is 13.2 Å². The van der Waals surface area contributed by atoms with E-state index in [9.17, 15) is 4.79 Å². The fourth-order valence-corrected chi connectivity index (χ4v) is 3.04. The highest BCUT2D eigenvalue weighted by Crippen LogP contribution is 2.33. The van der Waals surface area contributed by atoms with Crippen LogP contribution in [0.15, 0.2) is 16.8 Å². The van der Waals surface area contributed by atoms with Crippen LogP contribution in [-0.4, -0.2) is 36.1 Å². The first kappa shape index (κ1) is 14.5. The largest absolute Gasteiger partial charge is 0.380 e. The van der Waals surface area contributed by atoms with Crippen LogP contribution in [-0.2, 0) is 9.53 Å². The van der Waals surface area contributed by atoms with Crippen molar-refractivity contribution in [3.8, 4) is 0 Å². The molecule has 1 saturated heterocycles. The maximum atomic E-state index is 12.6. The van der Waals surface area contributed by atoms with Gasteiger partial charge in [0.2, 0.25) is 5.91 Å². The summed E-state index contributed by atoms with van der Waals surface area (Å²) in [6.45, 7) is 7.90. The molecular weight excluding hydrogens is 260 g/mol. The summed E-state index contributed by atoms with van der Waals surface area (Å²) in [6, 6.07) is 2.07. The summed E-state index contributed by atoms with van der Waals surface area (Å²) >= 11 is 1.66. The number of thiophene rings is 1. The van der Waals surface area contributed by atoms with E-state index in [0.717, 1.165) is 12.0 Å². The summed E-state index contributed by atoms with van der Waals surface area (Å²) in [5.41, 5.74) is 0.700. The number of rotatable bonds is 6. The lowest BCUT2D eigenvalue weighted by molar-refractivity contribution is -0.133. The molecule has 19 heavy (non-hydrogen) atoms. The Bertz CT molecular complexity index is 421. The van der Waals surface area contributed by atoms with Gasteiger partial charge in [-0.2, -0.15) is 11.3 Å². The van der Waals surface area contributed by atoms with Gasteiger partial charge in [0.05, 0.1) is 12.1 Å². The molecule has 0 bridgehead atoms. The second-order valence-electron chi connectivity index (χ2n) is 4.98. The molecule has 0 saturated carbocycles. The summed E-state index contributed by atoms with van der Waals surface area (Å²) in [7, 11) is 0. The standard InChI is InChI=1S/C14H22N2O2S/c1-4-14(3)13(17)16(7-8-18-5-2)12(15-14)11-6-9-19-10-11/h6,9-10,12,15H,4-5,7-8H2,1-3H3. The van der Waals surface area contributed by atoms with Crippen molar-refractivity contribution in [2.75, 3.05) is 19.8 Å². The van der Waals surface area contributed by atoms with Gasteiger partial charge in [0.1, 0.15) is 6.17 Å². The first-order valence-electron chi connectivity index (χ1n) is 6.81. The molecule has 0 aliphatic carbocycles. The van der Waals surface area contributed by atoms with Gasteiger partial charge in [-0.3, -0.25) is 10.1 Å². The van der Waals surface area contributed by atoms with E-state index in [1.54, 1.807) is 11.3 Å². The molecule has 4 nitrogen and oxygen atoms in total. The summed E-state index contributed by atoms with van der Waals surface area (Å²) < 4.78 is 5.39. The number of nitrogens with zero attached hydrogens (tertiary/aromatic N) is 1. The molecule has 0 aromatic carbocycles. The average Bonchev–Trinajstić information content (AvgIpc) is 3.01. The van der Waals surface area contributed by atoms with Crippen LogP contribution in [0.2, 0.25) is 0 Å². The van der Waals surface area contributed by atoms with Crippen molar-refractivity contribution in [1.29, 1.82) is 0 Å². The van der Waals surface area contributed by atoms with E-state index in [-0.39, 0.29) is 12.1 Å². The maximum Gasteiger partial charge on any atom is 0.244 e. The van der Waals surface area contributed by atoms with Gasteiger partial charge in [-0.15, -0.1) is 0 Å². The third kappa shape index (κ3) is 2.83. The molecule has 2 rings (SSSR count). The van der Waals surface area contributed by atoms with E-state index in [1.165, 1.54) is 0 Å². The Morgan fingerprint density at radius 1 is 1.53 bits per heavy atom. The zero-order valence-corrected chi connectivity index (χ0v) is 12.6. The van der Waals surface area contributed by atoms with Gasteiger partial charge in [-0.1, -0.05) is 6.92 Å². The number of hydrogen-bond acceptors (Lipinski definition) is 4. The number of amides is 1. The predicted molar refractivity (Wildman–Crippen MR) is 77.1 cm³/mol.